The van der Waals surface area contributed by atoms with E-state index in [0.717, 1.165) is 42.6 Å². The molecule has 1 saturated heterocycles. The van der Waals surface area contributed by atoms with Crippen molar-refractivity contribution in [1.29, 1.82) is 0 Å². The van der Waals surface area contributed by atoms with Gasteiger partial charge in [0.2, 0.25) is 0 Å². The maximum absolute atomic E-state index is 4.57. The molecule has 5 nitrogen and oxygen atoms in total. The first-order valence-corrected chi connectivity index (χ1v) is 8.84. The molecule has 0 unspecified atom stereocenters. The van der Waals surface area contributed by atoms with E-state index in [2.05, 4.69) is 43.5 Å². The first-order chi connectivity index (χ1) is 10.7. The van der Waals surface area contributed by atoms with Crippen LogP contribution in [0, 0.1) is 6.92 Å². The Balaban J connectivity index is 1.42. The topological polar surface area (TPSA) is 45.2 Å². The third-order valence-corrected chi connectivity index (χ3v) is 5.75. The van der Waals surface area contributed by atoms with E-state index >= 15 is 0 Å². The van der Waals surface area contributed by atoms with Crippen LogP contribution < -0.4 is 9.80 Å². The Bertz CT molecular complexity index is 677. The molecular formula is C16H21N5S. The number of likely N-dealkylation sites (N-methyl/N-ethyl adjacent to an activating group) is 1. The van der Waals surface area contributed by atoms with Crippen molar-refractivity contribution in [2.45, 2.75) is 38.6 Å². The van der Waals surface area contributed by atoms with Gasteiger partial charge in [0, 0.05) is 25.5 Å². The highest BCUT2D eigenvalue weighted by Gasteiger charge is 2.32. The van der Waals surface area contributed by atoms with Crippen LogP contribution in [-0.4, -0.2) is 41.4 Å². The number of hydrogen-bond acceptors (Lipinski definition) is 6. The SMILES string of the molecule is Cc1csc(N(C)C2CN(c3cc4c(nn3)CCCC4)C2)n1. The summed E-state index contributed by atoms with van der Waals surface area (Å²) in [5.41, 5.74) is 3.72. The zero-order valence-corrected chi connectivity index (χ0v) is 13.9. The summed E-state index contributed by atoms with van der Waals surface area (Å²) in [6, 6.07) is 2.77. The fourth-order valence-corrected chi connectivity index (χ4v) is 4.02. The Morgan fingerprint density at radius 1 is 1.23 bits per heavy atom. The van der Waals surface area contributed by atoms with Crippen molar-refractivity contribution < 1.29 is 0 Å². The number of nitrogens with zero attached hydrogens (tertiary/aromatic N) is 5. The van der Waals surface area contributed by atoms with Gasteiger partial charge in [-0.15, -0.1) is 16.4 Å². The van der Waals surface area contributed by atoms with Crippen LogP contribution in [0.25, 0.3) is 0 Å². The van der Waals surface area contributed by atoms with Gasteiger partial charge in [-0.05, 0) is 44.2 Å². The Morgan fingerprint density at radius 3 is 2.82 bits per heavy atom. The van der Waals surface area contributed by atoms with Crippen molar-refractivity contribution in [2.24, 2.45) is 0 Å². The third-order valence-electron chi connectivity index (χ3n) is 4.70. The molecule has 1 fully saturated rings. The Labute approximate surface area is 135 Å². The fraction of sp³-hybridized carbons (Fsp3) is 0.562. The van der Waals surface area contributed by atoms with Gasteiger partial charge in [-0.2, -0.15) is 5.10 Å². The molecule has 0 amide bonds. The number of aryl methyl sites for hydroxylation is 3. The van der Waals surface area contributed by atoms with Crippen molar-refractivity contribution in [3.8, 4) is 0 Å². The van der Waals surface area contributed by atoms with E-state index in [0.29, 0.717) is 6.04 Å². The van der Waals surface area contributed by atoms with Crippen LogP contribution in [0.2, 0.25) is 0 Å². The summed E-state index contributed by atoms with van der Waals surface area (Å²) in [4.78, 5) is 9.18. The quantitative estimate of drug-likeness (QED) is 0.870. The van der Waals surface area contributed by atoms with Gasteiger partial charge in [0.25, 0.3) is 0 Å². The van der Waals surface area contributed by atoms with Gasteiger partial charge in [0.15, 0.2) is 10.9 Å². The summed E-state index contributed by atoms with van der Waals surface area (Å²) in [6.45, 7) is 4.05. The van der Waals surface area contributed by atoms with Gasteiger partial charge >= 0.3 is 0 Å². The third kappa shape index (κ3) is 2.45. The second-order valence-electron chi connectivity index (χ2n) is 6.32. The molecule has 116 valence electrons. The first kappa shape index (κ1) is 13.9. The molecule has 1 aliphatic heterocycles. The lowest BCUT2D eigenvalue weighted by Crippen LogP contribution is -2.59. The number of fused-ring (bicyclic) bond motifs is 1. The minimum absolute atomic E-state index is 0.517. The van der Waals surface area contributed by atoms with Crippen LogP contribution in [0.4, 0.5) is 10.9 Å². The highest BCUT2D eigenvalue weighted by Crippen LogP contribution is 2.28. The standard InChI is InChI=1S/C16H21N5S/c1-11-10-22-16(17-11)20(2)13-8-21(9-13)15-7-12-5-3-4-6-14(12)18-19-15/h7,10,13H,3-6,8-9H2,1-2H3. The lowest BCUT2D eigenvalue weighted by atomic mass is 9.96. The Hall–Kier alpha value is -1.69. The van der Waals surface area contributed by atoms with Gasteiger partial charge in [-0.25, -0.2) is 4.98 Å². The maximum atomic E-state index is 4.57. The van der Waals surface area contributed by atoms with Crippen molar-refractivity contribution in [1.82, 2.24) is 15.2 Å². The summed E-state index contributed by atoms with van der Waals surface area (Å²) >= 11 is 1.72. The summed E-state index contributed by atoms with van der Waals surface area (Å²) in [5, 5.41) is 12.1. The predicted octanol–water partition coefficient (Wildman–Crippen LogP) is 2.45. The minimum atomic E-state index is 0.517. The lowest BCUT2D eigenvalue weighted by Gasteiger charge is -2.44. The van der Waals surface area contributed by atoms with Crippen LogP contribution in [0.1, 0.15) is 29.8 Å². The van der Waals surface area contributed by atoms with Gasteiger partial charge in [-0.3, -0.25) is 0 Å². The van der Waals surface area contributed by atoms with E-state index in [1.165, 1.54) is 24.1 Å². The largest absolute Gasteiger partial charge is 0.351 e. The second-order valence-corrected chi connectivity index (χ2v) is 7.16. The van der Waals surface area contributed by atoms with E-state index in [1.807, 2.05) is 6.92 Å². The maximum Gasteiger partial charge on any atom is 0.185 e. The number of thiazole rings is 1. The number of rotatable bonds is 3. The molecule has 4 rings (SSSR count). The van der Waals surface area contributed by atoms with Crippen molar-refractivity contribution >= 4 is 22.3 Å². The summed E-state index contributed by atoms with van der Waals surface area (Å²) in [5.74, 6) is 1.04. The van der Waals surface area contributed by atoms with Crippen LogP contribution in [0.15, 0.2) is 11.4 Å². The molecule has 0 saturated carbocycles. The van der Waals surface area contributed by atoms with Crippen molar-refractivity contribution in [2.75, 3.05) is 29.9 Å². The lowest BCUT2D eigenvalue weighted by molar-refractivity contribution is 0.488. The van der Waals surface area contributed by atoms with E-state index in [1.54, 1.807) is 11.3 Å². The molecular weight excluding hydrogens is 294 g/mol. The van der Waals surface area contributed by atoms with E-state index in [4.69, 9.17) is 0 Å². The average Bonchev–Trinajstić information content (AvgIpc) is 2.92. The summed E-state index contributed by atoms with van der Waals surface area (Å²) in [6.07, 6.45) is 4.79. The number of hydrogen-bond donors (Lipinski definition) is 0. The van der Waals surface area contributed by atoms with Gasteiger partial charge in [0.05, 0.1) is 17.4 Å². The summed E-state index contributed by atoms with van der Waals surface area (Å²) < 4.78 is 0. The average molecular weight is 315 g/mol. The van der Waals surface area contributed by atoms with Gasteiger partial charge in [-0.1, -0.05) is 0 Å². The molecule has 0 atom stereocenters. The zero-order chi connectivity index (χ0) is 15.1. The van der Waals surface area contributed by atoms with Gasteiger partial charge in [0.1, 0.15) is 0 Å². The van der Waals surface area contributed by atoms with Crippen LogP contribution >= 0.6 is 11.3 Å². The molecule has 22 heavy (non-hydrogen) atoms. The molecule has 2 aliphatic rings. The Kier molecular flexibility index (Phi) is 3.48. The normalized spacial score (nSPS) is 18.0. The number of aromatic nitrogens is 3. The van der Waals surface area contributed by atoms with Crippen molar-refractivity contribution in [3.63, 3.8) is 0 Å². The second kappa shape index (κ2) is 5.50. The molecule has 0 bridgehead atoms. The molecule has 0 spiro atoms. The fourth-order valence-electron chi connectivity index (χ4n) is 3.18. The van der Waals surface area contributed by atoms with E-state index in [9.17, 15) is 0 Å². The molecule has 2 aromatic heterocycles. The smallest absolute Gasteiger partial charge is 0.185 e. The van der Waals surface area contributed by atoms with Crippen molar-refractivity contribution in [3.05, 3.63) is 28.4 Å². The van der Waals surface area contributed by atoms with E-state index in [-0.39, 0.29) is 0 Å². The van der Waals surface area contributed by atoms with Crippen LogP contribution in [-0.2, 0) is 12.8 Å². The zero-order valence-electron chi connectivity index (χ0n) is 13.1. The van der Waals surface area contributed by atoms with Gasteiger partial charge < -0.3 is 9.80 Å². The molecule has 0 N–H and O–H groups in total. The molecule has 3 heterocycles. The Morgan fingerprint density at radius 2 is 2.05 bits per heavy atom. The molecule has 0 radical (unpaired) electrons. The minimum Gasteiger partial charge on any atom is -0.351 e. The number of anilines is 2. The molecule has 0 aromatic carbocycles. The highest BCUT2D eigenvalue weighted by atomic mass is 32.1. The summed E-state index contributed by atoms with van der Waals surface area (Å²) in [7, 11) is 2.14. The predicted molar refractivity (Wildman–Crippen MR) is 89.9 cm³/mol. The monoisotopic (exact) mass is 315 g/mol. The van der Waals surface area contributed by atoms with Crippen LogP contribution in [0.3, 0.4) is 0 Å². The van der Waals surface area contributed by atoms with E-state index < -0.39 is 0 Å². The highest BCUT2D eigenvalue weighted by molar-refractivity contribution is 7.13. The molecule has 1 aliphatic carbocycles. The van der Waals surface area contributed by atoms with Crippen LogP contribution in [0.5, 0.6) is 0 Å². The molecule has 6 heteroatoms. The first-order valence-electron chi connectivity index (χ1n) is 7.96. The molecule has 2 aromatic rings.